The lowest BCUT2D eigenvalue weighted by Gasteiger charge is -2.37. The van der Waals surface area contributed by atoms with E-state index >= 15 is 0 Å². The van der Waals surface area contributed by atoms with Crippen LogP contribution in [0.4, 0.5) is 5.69 Å². The summed E-state index contributed by atoms with van der Waals surface area (Å²) >= 11 is 0. The van der Waals surface area contributed by atoms with E-state index in [1.807, 2.05) is 13.0 Å². The van der Waals surface area contributed by atoms with Gasteiger partial charge in [-0.3, -0.25) is 4.79 Å². The molecule has 0 aromatic heterocycles. The number of aliphatic hydroxyl groups excluding tert-OH is 1. The van der Waals surface area contributed by atoms with Crippen LogP contribution in [0, 0.1) is 0 Å². The highest BCUT2D eigenvalue weighted by Gasteiger charge is 2.34. The molecule has 1 aromatic rings. The summed E-state index contributed by atoms with van der Waals surface area (Å²) in [7, 11) is 0. The van der Waals surface area contributed by atoms with Gasteiger partial charge in [-0.1, -0.05) is 0 Å². The number of nitrogens with zero attached hydrogens (tertiary/aromatic N) is 1. The fourth-order valence-electron chi connectivity index (χ4n) is 2.44. The molecular weight excluding hydrogens is 248 g/mol. The highest BCUT2D eigenvalue weighted by molar-refractivity contribution is 5.99. The van der Waals surface area contributed by atoms with Gasteiger partial charge in [0, 0.05) is 24.3 Å². The lowest BCUT2D eigenvalue weighted by molar-refractivity contribution is -0.123. The Balaban J connectivity index is 1.93. The molecule has 3 rings (SSSR count). The zero-order chi connectivity index (χ0) is 13.4. The molecule has 1 amide bonds. The van der Waals surface area contributed by atoms with E-state index in [1.54, 1.807) is 17.0 Å². The largest absolute Gasteiger partial charge is 0.454 e. The standard InChI is InChI=1S/C13H16N2O4/c1-8-5-14-10(6-16)13(17)15(8)9-2-3-11-12(4-9)19-7-18-11/h2-4,8,10,14,16H,5-7H2,1H3. The van der Waals surface area contributed by atoms with Gasteiger partial charge in [0.15, 0.2) is 11.5 Å². The van der Waals surface area contributed by atoms with Crippen molar-refractivity contribution >= 4 is 11.6 Å². The van der Waals surface area contributed by atoms with E-state index in [0.717, 1.165) is 5.69 Å². The fraction of sp³-hybridized carbons (Fsp3) is 0.462. The number of ether oxygens (including phenoxy) is 2. The first kappa shape index (κ1) is 12.3. The minimum Gasteiger partial charge on any atom is -0.454 e. The second kappa shape index (κ2) is 4.71. The highest BCUT2D eigenvalue weighted by atomic mass is 16.7. The topological polar surface area (TPSA) is 71.0 Å². The zero-order valence-corrected chi connectivity index (χ0v) is 10.6. The molecule has 2 atom stereocenters. The van der Waals surface area contributed by atoms with E-state index in [1.165, 1.54) is 0 Å². The molecule has 0 bridgehead atoms. The van der Waals surface area contributed by atoms with Gasteiger partial charge in [0.25, 0.3) is 0 Å². The first-order valence-corrected chi connectivity index (χ1v) is 6.27. The third-order valence-electron chi connectivity index (χ3n) is 3.45. The van der Waals surface area contributed by atoms with E-state index in [9.17, 15) is 9.90 Å². The molecule has 19 heavy (non-hydrogen) atoms. The monoisotopic (exact) mass is 264 g/mol. The predicted octanol–water partition coefficient (Wildman–Crippen LogP) is 0.101. The van der Waals surface area contributed by atoms with E-state index in [0.29, 0.717) is 18.0 Å². The number of carbonyl (C=O) groups excluding carboxylic acids is 1. The SMILES string of the molecule is CC1CNC(CO)C(=O)N1c1ccc2c(c1)OCO2. The van der Waals surface area contributed by atoms with Gasteiger partial charge in [0.1, 0.15) is 6.04 Å². The maximum atomic E-state index is 12.3. The van der Waals surface area contributed by atoms with E-state index in [-0.39, 0.29) is 25.3 Å². The minimum absolute atomic E-state index is 0.0238. The van der Waals surface area contributed by atoms with Crippen LogP contribution in [-0.2, 0) is 4.79 Å². The summed E-state index contributed by atoms with van der Waals surface area (Å²) in [4.78, 5) is 14.0. The number of amides is 1. The Morgan fingerprint density at radius 3 is 3.00 bits per heavy atom. The van der Waals surface area contributed by atoms with Crippen LogP contribution in [0.1, 0.15) is 6.92 Å². The van der Waals surface area contributed by atoms with Crippen LogP contribution in [0.5, 0.6) is 11.5 Å². The molecule has 2 aliphatic rings. The number of hydrogen-bond acceptors (Lipinski definition) is 5. The number of nitrogens with one attached hydrogen (secondary N) is 1. The van der Waals surface area contributed by atoms with Crippen molar-refractivity contribution in [1.29, 1.82) is 0 Å². The Labute approximate surface area is 110 Å². The van der Waals surface area contributed by atoms with Crippen LogP contribution < -0.4 is 19.7 Å². The first-order valence-electron chi connectivity index (χ1n) is 6.27. The molecular formula is C13H16N2O4. The lowest BCUT2D eigenvalue weighted by Crippen LogP contribution is -2.60. The molecule has 102 valence electrons. The Morgan fingerprint density at radius 1 is 1.42 bits per heavy atom. The zero-order valence-electron chi connectivity index (χ0n) is 10.6. The van der Waals surface area contributed by atoms with Crippen molar-refractivity contribution in [3.63, 3.8) is 0 Å². The van der Waals surface area contributed by atoms with Crippen LogP contribution in [0.15, 0.2) is 18.2 Å². The number of carbonyl (C=O) groups is 1. The molecule has 6 heteroatoms. The summed E-state index contributed by atoms with van der Waals surface area (Å²) < 4.78 is 10.6. The maximum absolute atomic E-state index is 12.3. The summed E-state index contributed by atoms with van der Waals surface area (Å²) in [5.74, 6) is 1.22. The number of hydrogen-bond donors (Lipinski definition) is 2. The second-order valence-electron chi connectivity index (χ2n) is 4.74. The van der Waals surface area contributed by atoms with Crippen LogP contribution in [0.3, 0.4) is 0 Å². The van der Waals surface area contributed by atoms with Crippen LogP contribution in [-0.4, -0.2) is 43.0 Å². The van der Waals surface area contributed by atoms with Crippen molar-refractivity contribution < 1.29 is 19.4 Å². The molecule has 1 aromatic carbocycles. The van der Waals surface area contributed by atoms with Gasteiger partial charge in [-0.25, -0.2) is 0 Å². The van der Waals surface area contributed by atoms with Gasteiger partial charge < -0.3 is 24.8 Å². The van der Waals surface area contributed by atoms with Gasteiger partial charge in [-0.2, -0.15) is 0 Å². The quantitative estimate of drug-likeness (QED) is 0.793. The second-order valence-corrected chi connectivity index (χ2v) is 4.74. The Hall–Kier alpha value is -1.79. The molecule has 1 fully saturated rings. The van der Waals surface area contributed by atoms with E-state index in [4.69, 9.17) is 9.47 Å². The van der Waals surface area contributed by atoms with E-state index < -0.39 is 6.04 Å². The fourth-order valence-corrected chi connectivity index (χ4v) is 2.44. The number of aliphatic hydroxyl groups is 1. The Morgan fingerprint density at radius 2 is 2.21 bits per heavy atom. The summed E-state index contributed by atoms with van der Waals surface area (Å²) in [6.07, 6.45) is 0. The van der Waals surface area contributed by atoms with Gasteiger partial charge in [-0.15, -0.1) is 0 Å². The van der Waals surface area contributed by atoms with Crippen LogP contribution in [0.25, 0.3) is 0 Å². The van der Waals surface area contributed by atoms with Gasteiger partial charge in [0.2, 0.25) is 12.7 Å². The average molecular weight is 264 g/mol. The number of fused-ring (bicyclic) bond motifs is 1. The van der Waals surface area contributed by atoms with Crippen molar-refractivity contribution in [2.24, 2.45) is 0 Å². The summed E-state index contributed by atoms with van der Waals surface area (Å²) in [6.45, 7) is 2.62. The molecule has 2 aliphatic heterocycles. The number of anilines is 1. The lowest BCUT2D eigenvalue weighted by atomic mass is 10.1. The van der Waals surface area contributed by atoms with Gasteiger partial charge in [0.05, 0.1) is 6.61 Å². The minimum atomic E-state index is -0.540. The third-order valence-corrected chi connectivity index (χ3v) is 3.45. The molecule has 2 unspecified atom stereocenters. The Bertz CT molecular complexity index is 505. The molecule has 6 nitrogen and oxygen atoms in total. The van der Waals surface area contributed by atoms with Gasteiger partial charge >= 0.3 is 0 Å². The summed E-state index contributed by atoms with van der Waals surface area (Å²) in [5, 5.41) is 12.2. The molecule has 1 saturated heterocycles. The number of benzene rings is 1. The molecule has 0 radical (unpaired) electrons. The molecule has 0 aliphatic carbocycles. The van der Waals surface area contributed by atoms with Gasteiger partial charge in [-0.05, 0) is 19.1 Å². The first-order chi connectivity index (χ1) is 9.20. The third kappa shape index (κ3) is 2.02. The summed E-state index contributed by atoms with van der Waals surface area (Å²) in [6, 6.07) is 4.92. The van der Waals surface area contributed by atoms with E-state index in [2.05, 4.69) is 5.32 Å². The molecule has 2 N–H and O–H groups in total. The predicted molar refractivity (Wildman–Crippen MR) is 68.4 cm³/mol. The van der Waals surface area contributed by atoms with Crippen molar-refractivity contribution in [1.82, 2.24) is 5.32 Å². The van der Waals surface area contributed by atoms with Crippen LogP contribution >= 0.6 is 0 Å². The smallest absolute Gasteiger partial charge is 0.246 e. The number of rotatable bonds is 2. The maximum Gasteiger partial charge on any atom is 0.246 e. The van der Waals surface area contributed by atoms with Crippen molar-refractivity contribution in [3.8, 4) is 11.5 Å². The molecule has 2 heterocycles. The van der Waals surface area contributed by atoms with Crippen molar-refractivity contribution in [3.05, 3.63) is 18.2 Å². The normalized spacial score (nSPS) is 25.8. The number of piperazine rings is 1. The summed E-state index contributed by atoms with van der Waals surface area (Å²) in [5.41, 5.74) is 0.765. The highest BCUT2D eigenvalue weighted by Crippen LogP contribution is 2.36. The van der Waals surface area contributed by atoms with Crippen molar-refractivity contribution in [2.45, 2.75) is 19.0 Å². The Kier molecular flexibility index (Phi) is 3.04. The molecule has 0 spiro atoms. The van der Waals surface area contributed by atoms with Crippen molar-refractivity contribution in [2.75, 3.05) is 24.8 Å². The average Bonchev–Trinajstić information content (AvgIpc) is 2.86. The van der Waals surface area contributed by atoms with Crippen LogP contribution in [0.2, 0.25) is 0 Å². The molecule has 0 saturated carbocycles.